The van der Waals surface area contributed by atoms with Gasteiger partial charge in [0.2, 0.25) is 15.1 Å². The highest BCUT2D eigenvalue weighted by molar-refractivity contribution is 7.89. The molecule has 0 aromatic heterocycles. The van der Waals surface area contributed by atoms with Crippen LogP contribution >= 0.6 is 12.2 Å². The van der Waals surface area contributed by atoms with E-state index >= 15 is 0 Å². The normalized spacial score (nSPS) is 28.3. The summed E-state index contributed by atoms with van der Waals surface area (Å²) in [5.74, 6) is 0.337. The van der Waals surface area contributed by atoms with Gasteiger partial charge in [-0.3, -0.25) is 0 Å². The number of nitrogens with zero attached hydrogens (tertiary/aromatic N) is 4. The number of hydrogen-bond acceptors (Lipinski definition) is 4. The third-order valence-corrected chi connectivity index (χ3v) is 6.06. The summed E-state index contributed by atoms with van der Waals surface area (Å²) in [6.45, 7) is 5.75. The maximum absolute atomic E-state index is 12.0. The Morgan fingerprint density at radius 3 is 2.80 bits per heavy atom. The van der Waals surface area contributed by atoms with E-state index in [1.165, 1.54) is 0 Å². The van der Waals surface area contributed by atoms with Crippen molar-refractivity contribution >= 4 is 27.4 Å². The molecule has 2 rings (SSSR count). The monoisotopic (exact) mass is 318 g/mol. The number of sulfonamides is 1. The summed E-state index contributed by atoms with van der Waals surface area (Å²) >= 11 is 5.21. The summed E-state index contributed by atoms with van der Waals surface area (Å²) in [4.78, 5) is 2.03. The Kier molecular flexibility index (Phi) is 5.09. The molecule has 0 N–H and O–H groups in total. The van der Waals surface area contributed by atoms with E-state index < -0.39 is 10.0 Å². The Balaban J connectivity index is 2.09. The Morgan fingerprint density at radius 2 is 2.15 bits per heavy atom. The van der Waals surface area contributed by atoms with E-state index in [2.05, 4.69) is 17.2 Å². The van der Waals surface area contributed by atoms with Gasteiger partial charge in [-0.05, 0) is 38.4 Å². The third kappa shape index (κ3) is 3.17. The molecule has 20 heavy (non-hydrogen) atoms. The lowest BCUT2D eigenvalue weighted by atomic mass is 9.96. The van der Waals surface area contributed by atoms with Crippen molar-refractivity contribution in [1.29, 1.82) is 0 Å². The molecule has 0 bridgehead atoms. The van der Waals surface area contributed by atoms with E-state index in [1.54, 1.807) is 11.2 Å². The third-order valence-electron chi connectivity index (χ3n) is 3.89. The Bertz CT molecular complexity index is 492. The van der Waals surface area contributed by atoms with E-state index in [9.17, 15) is 8.42 Å². The van der Waals surface area contributed by atoms with Crippen LogP contribution < -0.4 is 0 Å². The first kappa shape index (κ1) is 15.8. The molecule has 0 radical (unpaired) electrons. The lowest BCUT2D eigenvalue weighted by Crippen LogP contribution is -2.48. The molecule has 2 unspecified atom stereocenters. The molecule has 8 heteroatoms. The number of hydrogen-bond donors (Lipinski definition) is 0. The second kappa shape index (κ2) is 6.44. The van der Waals surface area contributed by atoms with Gasteiger partial charge in [0.25, 0.3) is 0 Å². The van der Waals surface area contributed by atoms with Gasteiger partial charge in [-0.2, -0.15) is 5.11 Å². The van der Waals surface area contributed by atoms with E-state index in [0.29, 0.717) is 18.2 Å². The van der Waals surface area contributed by atoms with Crippen LogP contribution in [-0.4, -0.2) is 54.3 Å². The molecule has 0 saturated carbocycles. The van der Waals surface area contributed by atoms with Crippen LogP contribution in [0, 0.1) is 5.92 Å². The average Bonchev–Trinajstić information content (AvgIpc) is 2.81. The molecule has 1 saturated heterocycles. The number of thiocarbonyl (C=S) groups is 1. The van der Waals surface area contributed by atoms with Crippen LogP contribution in [-0.2, 0) is 10.0 Å². The second-order valence-corrected chi connectivity index (χ2v) is 7.89. The van der Waals surface area contributed by atoms with Crippen LogP contribution in [0.3, 0.4) is 0 Å². The molecule has 114 valence electrons. The highest BCUT2D eigenvalue weighted by Gasteiger charge is 2.37. The van der Waals surface area contributed by atoms with E-state index in [-0.39, 0.29) is 17.8 Å². The fraction of sp³-hybridized carbons (Fsp3) is 0.917. The Hall–Kier alpha value is -0.600. The minimum atomic E-state index is -3.12. The summed E-state index contributed by atoms with van der Waals surface area (Å²) in [5.41, 5.74) is 0. The maximum atomic E-state index is 12.0. The number of piperidine rings is 1. The number of azo groups is 1. The molecule has 0 aromatic rings. The van der Waals surface area contributed by atoms with Crippen molar-refractivity contribution in [3.63, 3.8) is 0 Å². The molecule has 2 heterocycles. The predicted octanol–water partition coefficient (Wildman–Crippen LogP) is 1.84. The highest BCUT2D eigenvalue weighted by Crippen LogP contribution is 2.29. The molecule has 2 atom stereocenters. The SMILES string of the molecule is CCCN1C(=S)N=NC1C1CCCN(S(=O)(=O)CC)C1. The zero-order valence-corrected chi connectivity index (χ0v) is 13.7. The first-order valence-corrected chi connectivity index (χ1v) is 9.20. The van der Waals surface area contributed by atoms with Gasteiger partial charge in [0.1, 0.15) is 6.17 Å². The first-order valence-electron chi connectivity index (χ1n) is 7.19. The van der Waals surface area contributed by atoms with Crippen molar-refractivity contribution in [2.24, 2.45) is 16.1 Å². The van der Waals surface area contributed by atoms with Crippen LogP contribution in [0.15, 0.2) is 10.2 Å². The van der Waals surface area contributed by atoms with Crippen LogP contribution in [0.1, 0.15) is 33.1 Å². The fourth-order valence-corrected chi connectivity index (χ4v) is 4.25. The first-order chi connectivity index (χ1) is 9.49. The minimum absolute atomic E-state index is 0.0858. The molecular weight excluding hydrogens is 296 g/mol. The van der Waals surface area contributed by atoms with E-state index in [4.69, 9.17) is 12.2 Å². The van der Waals surface area contributed by atoms with Gasteiger partial charge in [-0.25, -0.2) is 12.7 Å². The Labute approximate surface area is 126 Å². The summed E-state index contributed by atoms with van der Waals surface area (Å²) in [6.07, 6.45) is 2.74. The standard InChI is InChI=1S/C12H22N4O2S2/c1-3-7-16-11(13-14-12(16)19)10-6-5-8-15(9-10)20(17,18)4-2/h10-11H,3-9H2,1-2H3. The molecular formula is C12H22N4O2S2. The van der Waals surface area contributed by atoms with Crippen molar-refractivity contribution < 1.29 is 8.42 Å². The van der Waals surface area contributed by atoms with E-state index in [1.807, 2.05) is 4.90 Å². The molecule has 2 aliphatic heterocycles. The maximum Gasteiger partial charge on any atom is 0.217 e. The van der Waals surface area contributed by atoms with Crippen molar-refractivity contribution in [1.82, 2.24) is 9.21 Å². The lowest BCUT2D eigenvalue weighted by Gasteiger charge is -2.36. The summed E-state index contributed by atoms with van der Waals surface area (Å²) < 4.78 is 25.6. The summed E-state index contributed by atoms with van der Waals surface area (Å²) in [5, 5.41) is 8.82. The largest absolute Gasteiger partial charge is 0.322 e. The van der Waals surface area contributed by atoms with Crippen molar-refractivity contribution in [3.8, 4) is 0 Å². The van der Waals surface area contributed by atoms with Crippen LogP contribution in [0.5, 0.6) is 0 Å². The van der Waals surface area contributed by atoms with Crippen LogP contribution in [0.2, 0.25) is 0 Å². The Morgan fingerprint density at radius 1 is 1.40 bits per heavy atom. The molecule has 2 aliphatic rings. The molecule has 1 fully saturated rings. The quantitative estimate of drug-likeness (QED) is 0.726. The predicted molar refractivity (Wildman–Crippen MR) is 82.0 cm³/mol. The number of rotatable bonds is 5. The highest BCUT2D eigenvalue weighted by atomic mass is 32.2. The van der Waals surface area contributed by atoms with E-state index in [0.717, 1.165) is 25.8 Å². The van der Waals surface area contributed by atoms with Gasteiger partial charge in [-0.1, -0.05) is 6.92 Å². The van der Waals surface area contributed by atoms with Crippen LogP contribution in [0.25, 0.3) is 0 Å². The van der Waals surface area contributed by atoms with Crippen molar-refractivity contribution in [2.45, 2.75) is 39.3 Å². The fourth-order valence-electron chi connectivity index (χ4n) is 2.81. The van der Waals surface area contributed by atoms with Gasteiger partial charge >= 0.3 is 0 Å². The van der Waals surface area contributed by atoms with Gasteiger partial charge in [0.05, 0.1) is 5.75 Å². The summed E-state index contributed by atoms with van der Waals surface area (Å²) in [6, 6.07) is 0. The minimum Gasteiger partial charge on any atom is -0.322 e. The molecule has 6 nitrogen and oxygen atoms in total. The second-order valence-electron chi connectivity index (χ2n) is 5.27. The smallest absolute Gasteiger partial charge is 0.217 e. The molecule has 0 spiro atoms. The zero-order chi connectivity index (χ0) is 14.8. The van der Waals surface area contributed by atoms with Crippen molar-refractivity contribution in [2.75, 3.05) is 25.4 Å². The molecule has 0 aromatic carbocycles. The van der Waals surface area contributed by atoms with Gasteiger partial charge in [-0.15, -0.1) is 5.11 Å². The van der Waals surface area contributed by atoms with Gasteiger partial charge in [0, 0.05) is 25.6 Å². The molecule has 0 amide bonds. The van der Waals surface area contributed by atoms with Crippen LogP contribution in [0.4, 0.5) is 0 Å². The van der Waals surface area contributed by atoms with Gasteiger partial charge in [0.15, 0.2) is 0 Å². The summed E-state index contributed by atoms with van der Waals surface area (Å²) in [7, 11) is -3.12. The van der Waals surface area contributed by atoms with Gasteiger partial charge < -0.3 is 4.90 Å². The average molecular weight is 318 g/mol. The lowest BCUT2D eigenvalue weighted by molar-refractivity contribution is 0.170. The molecule has 0 aliphatic carbocycles. The zero-order valence-electron chi connectivity index (χ0n) is 12.0. The topological polar surface area (TPSA) is 65.3 Å². The van der Waals surface area contributed by atoms with Crippen molar-refractivity contribution in [3.05, 3.63) is 0 Å².